The summed E-state index contributed by atoms with van der Waals surface area (Å²) in [5.74, 6) is 1.68. The van der Waals surface area contributed by atoms with Crippen molar-refractivity contribution in [1.82, 2.24) is 10.2 Å². The van der Waals surface area contributed by atoms with Crippen LogP contribution in [0.1, 0.15) is 41.6 Å². The number of rotatable bonds is 7. The number of thiophene rings is 1. The highest BCUT2D eigenvalue weighted by Gasteiger charge is 2.25. The van der Waals surface area contributed by atoms with E-state index in [1.807, 2.05) is 25.2 Å². The Balaban J connectivity index is 1.98. The normalized spacial score (nSPS) is 16.9. The lowest BCUT2D eigenvalue weighted by molar-refractivity contribution is 0.242. The molecular formula is C21H30N2O2S. The summed E-state index contributed by atoms with van der Waals surface area (Å²) >= 11 is 1.89. The van der Waals surface area contributed by atoms with E-state index in [0.29, 0.717) is 13.2 Å². The zero-order valence-electron chi connectivity index (χ0n) is 16.1. The van der Waals surface area contributed by atoms with Crippen LogP contribution in [0.5, 0.6) is 11.5 Å². The molecule has 0 aliphatic carbocycles. The maximum Gasteiger partial charge on any atom is 0.161 e. The van der Waals surface area contributed by atoms with E-state index in [4.69, 9.17) is 9.47 Å². The van der Waals surface area contributed by atoms with Crippen molar-refractivity contribution in [2.45, 2.75) is 33.2 Å². The molecule has 1 aromatic carbocycles. The summed E-state index contributed by atoms with van der Waals surface area (Å²) in [6.45, 7) is 11.8. The van der Waals surface area contributed by atoms with Crippen molar-refractivity contribution in [1.29, 1.82) is 0 Å². The Hall–Kier alpha value is -1.56. The monoisotopic (exact) mass is 374 g/mol. The molecule has 1 fully saturated rings. The molecule has 3 rings (SSSR count). The van der Waals surface area contributed by atoms with Gasteiger partial charge in [0.1, 0.15) is 0 Å². The van der Waals surface area contributed by atoms with E-state index in [1.54, 1.807) is 0 Å². The molecule has 142 valence electrons. The molecule has 0 radical (unpaired) electrons. The van der Waals surface area contributed by atoms with E-state index < -0.39 is 0 Å². The van der Waals surface area contributed by atoms with Gasteiger partial charge < -0.3 is 14.8 Å². The van der Waals surface area contributed by atoms with Crippen LogP contribution < -0.4 is 14.8 Å². The molecule has 2 aromatic rings. The average molecular weight is 375 g/mol. The molecule has 0 amide bonds. The fraction of sp³-hybridized carbons (Fsp3) is 0.524. The lowest BCUT2D eigenvalue weighted by Crippen LogP contribution is -2.32. The highest BCUT2D eigenvalue weighted by molar-refractivity contribution is 7.12. The molecule has 1 atom stereocenters. The van der Waals surface area contributed by atoms with Gasteiger partial charge in [0.15, 0.2) is 11.5 Å². The molecule has 1 aliphatic rings. The smallest absolute Gasteiger partial charge is 0.161 e. The van der Waals surface area contributed by atoms with Gasteiger partial charge in [0.2, 0.25) is 0 Å². The first kappa shape index (κ1) is 19.2. The Labute approximate surface area is 161 Å². The van der Waals surface area contributed by atoms with Crippen molar-refractivity contribution >= 4 is 11.3 Å². The molecule has 1 saturated heterocycles. The highest BCUT2D eigenvalue weighted by atomic mass is 32.1. The van der Waals surface area contributed by atoms with Gasteiger partial charge in [-0.05, 0) is 63.6 Å². The van der Waals surface area contributed by atoms with Crippen LogP contribution in [0.25, 0.3) is 0 Å². The van der Waals surface area contributed by atoms with Crippen LogP contribution in [0.15, 0.2) is 30.3 Å². The summed E-state index contributed by atoms with van der Waals surface area (Å²) in [6, 6.07) is 11.2. The minimum atomic E-state index is 0.267. The predicted molar refractivity (Wildman–Crippen MR) is 109 cm³/mol. The second-order valence-corrected chi connectivity index (χ2v) is 7.88. The van der Waals surface area contributed by atoms with Crippen molar-refractivity contribution < 1.29 is 9.47 Å². The summed E-state index contributed by atoms with van der Waals surface area (Å²) in [5.41, 5.74) is 1.28. The Bertz CT molecular complexity index is 693. The first-order valence-electron chi connectivity index (χ1n) is 9.63. The van der Waals surface area contributed by atoms with E-state index >= 15 is 0 Å². The first-order chi connectivity index (χ1) is 12.7. The lowest BCUT2D eigenvalue weighted by Gasteiger charge is -2.30. The van der Waals surface area contributed by atoms with Crippen LogP contribution in [0.4, 0.5) is 0 Å². The predicted octanol–water partition coefficient (Wildman–Crippen LogP) is 4.24. The number of benzene rings is 1. The Morgan fingerprint density at radius 2 is 1.85 bits per heavy atom. The second kappa shape index (κ2) is 9.40. The van der Waals surface area contributed by atoms with E-state index in [9.17, 15) is 0 Å². The number of aryl methyl sites for hydroxylation is 1. The lowest BCUT2D eigenvalue weighted by atomic mass is 10.0. The molecule has 4 nitrogen and oxygen atoms in total. The van der Waals surface area contributed by atoms with Gasteiger partial charge >= 0.3 is 0 Å². The molecule has 0 bridgehead atoms. The van der Waals surface area contributed by atoms with E-state index in [0.717, 1.165) is 37.7 Å². The van der Waals surface area contributed by atoms with Gasteiger partial charge in [0.25, 0.3) is 0 Å². The SMILES string of the molecule is CCOc1ccc(C(c2ccc(C)s2)N2CCCNCC2)cc1OCC. The van der Waals surface area contributed by atoms with E-state index in [1.165, 1.54) is 21.7 Å². The van der Waals surface area contributed by atoms with Crippen molar-refractivity contribution in [2.75, 3.05) is 39.4 Å². The topological polar surface area (TPSA) is 33.7 Å². The largest absolute Gasteiger partial charge is 0.490 e. The van der Waals surface area contributed by atoms with Gasteiger partial charge in [-0.1, -0.05) is 6.07 Å². The molecule has 5 heteroatoms. The van der Waals surface area contributed by atoms with Crippen LogP contribution >= 0.6 is 11.3 Å². The van der Waals surface area contributed by atoms with Crippen LogP contribution in [0, 0.1) is 6.92 Å². The van der Waals surface area contributed by atoms with Gasteiger partial charge in [-0.15, -0.1) is 11.3 Å². The summed E-state index contributed by atoms with van der Waals surface area (Å²) in [6.07, 6.45) is 1.18. The fourth-order valence-corrected chi connectivity index (χ4v) is 4.56. The number of nitrogens with zero attached hydrogens (tertiary/aromatic N) is 1. The van der Waals surface area contributed by atoms with Crippen molar-refractivity contribution in [3.05, 3.63) is 45.6 Å². The van der Waals surface area contributed by atoms with E-state index in [2.05, 4.69) is 47.5 Å². The third-order valence-electron chi connectivity index (χ3n) is 4.65. The zero-order valence-corrected chi connectivity index (χ0v) is 16.9. The fourth-order valence-electron chi connectivity index (χ4n) is 3.52. The Morgan fingerprint density at radius 3 is 2.58 bits per heavy atom. The van der Waals surface area contributed by atoms with E-state index in [-0.39, 0.29) is 6.04 Å². The third-order valence-corrected chi connectivity index (χ3v) is 5.71. The van der Waals surface area contributed by atoms with Crippen LogP contribution in [-0.2, 0) is 0 Å². The molecule has 1 unspecified atom stereocenters. The maximum absolute atomic E-state index is 5.88. The number of hydrogen-bond acceptors (Lipinski definition) is 5. The van der Waals surface area contributed by atoms with Gasteiger partial charge in [0.05, 0.1) is 19.3 Å². The first-order valence-corrected chi connectivity index (χ1v) is 10.4. The number of nitrogens with one attached hydrogen (secondary N) is 1. The zero-order chi connectivity index (χ0) is 18.4. The Morgan fingerprint density at radius 1 is 1.04 bits per heavy atom. The molecule has 1 aromatic heterocycles. The number of hydrogen-bond donors (Lipinski definition) is 1. The van der Waals surface area contributed by atoms with Gasteiger partial charge in [-0.3, -0.25) is 4.90 Å². The minimum Gasteiger partial charge on any atom is -0.490 e. The van der Waals surface area contributed by atoms with Crippen LogP contribution in [-0.4, -0.2) is 44.3 Å². The third kappa shape index (κ3) is 4.58. The Kier molecular flexibility index (Phi) is 6.94. The van der Waals surface area contributed by atoms with Crippen molar-refractivity contribution in [3.63, 3.8) is 0 Å². The summed E-state index contributed by atoms with van der Waals surface area (Å²) in [4.78, 5) is 5.35. The van der Waals surface area contributed by atoms with Gasteiger partial charge in [0, 0.05) is 29.4 Å². The summed E-state index contributed by atoms with van der Waals surface area (Å²) in [5, 5.41) is 3.51. The van der Waals surface area contributed by atoms with Crippen LogP contribution in [0.3, 0.4) is 0 Å². The molecule has 1 N–H and O–H groups in total. The highest BCUT2D eigenvalue weighted by Crippen LogP contribution is 2.38. The maximum atomic E-state index is 5.88. The second-order valence-electron chi connectivity index (χ2n) is 6.56. The quantitative estimate of drug-likeness (QED) is 0.786. The molecule has 1 aliphatic heterocycles. The van der Waals surface area contributed by atoms with Crippen molar-refractivity contribution in [2.24, 2.45) is 0 Å². The summed E-state index contributed by atoms with van der Waals surface area (Å²) < 4.78 is 11.6. The van der Waals surface area contributed by atoms with Crippen LogP contribution in [0.2, 0.25) is 0 Å². The number of ether oxygens (including phenoxy) is 2. The molecule has 26 heavy (non-hydrogen) atoms. The van der Waals surface area contributed by atoms with Crippen molar-refractivity contribution in [3.8, 4) is 11.5 Å². The summed E-state index contributed by atoms with van der Waals surface area (Å²) in [7, 11) is 0. The molecule has 2 heterocycles. The molecule has 0 saturated carbocycles. The average Bonchev–Trinajstić information content (AvgIpc) is 2.89. The standard InChI is InChI=1S/C21H30N2O2S/c1-4-24-18-9-8-17(15-19(18)25-5-2)21(20-10-7-16(3)26-20)23-13-6-11-22-12-14-23/h7-10,15,21-22H,4-6,11-14H2,1-3H3. The molecule has 0 spiro atoms. The minimum absolute atomic E-state index is 0.267. The van der Waals surface area contributed by atoms with Gasteiger partial charge in [-0.25, -0.2) is 0 Å². The molecular weight excluding hydrogens is 344 g/mol. The van der Waals surface area contributed by atoms with Gasteiger partial charge in [-0.2, -0.15) is 0 Å².